The van der Waals surface area contributed by atoms with E-state index in [0.29, 0.717) is 6.04 Å². The summed E-state index contributed by atoms with van der Waals surface area (Å²) in [6.45, 7) is 0.733. The van der Waals surface area contributed by atoms with E-state index >= 15 is 0 Å². The molecule has 1 atom stereocenters. The van der Waals surface area contributed by atoms with Crippen LogP contribution in [0.5, 0.6) is 0 Å². The average Bonchev–Trinajstić information content (AvgIpc) is 2.67. The van der Waals surface area contributed by atoms with Crippen molar-refractivity contribution in [3.63, 3.8) is 0 Å². The second-order valence-corrected chi connectivity index (χ2v) is 6.06. The summed E-state index contributed by atoms with van der Waals surface area (Å²) in [6, 6.07) is 15.7. The Kier molecular flexibility index (Phi) is 7.01. The van der Waals surface area contributed by atoms with Gasteiger partial charge in [0.1, 0.15) is 0 Å². The van der Waals surface area contributed by atoms with Gasteiger partial charge in [0.25, 0.3) is 5.69 Å². The predicted molar refractivity (Wildman–Crippen MR) is 97.3 cm³/mol. The first-order valence-electron chi connectivity index (χ1n) is 8.39. The van der Waals surface area contributed by atoms with Gasteiger partial charge < -0.3 is 15.5 Å². The smallest absolute Gasteiger partial charge is 0.414 e. The van der Waals surface area contributed by atoms with Crippen LogP contribution in [0.2, 0.25) is 0 Å². The number of hydrogen-bond donors (Lipinski definition) is 3. The van der Waals surface area contributed by atoms with Crippen molar-refractivity contribution in [1.29, 1.82) is 0 Å². The number of aryl methyl sites for hydroxylation is 1. The highest BCUT2D eigenvalue weighted by Crippen LogP contribution is 2.29. The Hall–Kier alpha value is -3.26. The molecule has 142 valence electrons. The van der Waals surface area contributed by atoms with Crippen molar-refractivity contribution in [3.8, 4) is 0 Å². The fourth-order valence-corrected chi connectivity index (χ4v) is 2.94. The first-order valence-corrected chi connectivity index (χ1v) is 8.39. The topological polar surface area (TPSA) is 130 Å². The van der Waals surface area contributed by atoms with Gasteiger partial charge >= 0.3 is 11.9 Å². The molecular formula is C19H20N2O6. The molecule has 3 rings (SSSR count). The number of carboxylic acid groups (broad SMARTS) is 2. The maximum absolute atomic E-state index is 10.6. The van der Waals surface area contributed by atoms with Crippen molar-refractivity contribution in [1.82, 2.24) is 5.32 Å². The van der Waals surface area contributed by atoms with Crippen LogP contribution in [0.15, 0.2) is 48.5 Å². The van der Waals surface area contributed by atoms with E-state index in [1.807, 2.05) is 12.1 Å². The number of hydrogen-bond acceptors (Lipinski definition) is 5. The van der Waals surface area contributed by atoms with E-state index in [-0.39, 0.29) is 10.6 Å². The zero-order chi connectivity index (χ0) is 19.8. The fraction of sp³-hybridized carbons (Fsp3) is 0.263. The number of rotatable bonds is 4. The van der Waals surface area contributed by atoms with Crippen LogP contribution in [0.3, 0.4) is 0 Å². The molecule has 0 amide bonds. The zero-order valence-electron chi connectivity index (χ0n) is 14.5. The Morgan fingerprint density at radius 3 is 2.30 bits per heavy atom. The van der Waals surface area contributed by atoms with Gasteiger partial charge in [-0.05, 0) is 36.0 Å². The summed E-state index contributed by atoms with van der Waals surface area (Å²) in [4.78, 5) is 28.5. The predicted octanol–water partition coefficient (Wildman–Crippen LogP) is 2.92. The summed E-state index contributed by atoms with van der Waals surface area (Å²) >= 11 is 0. The number of nitro benzene ring substituents is 1. The minimum Gasteiger partial charge on any atom is -0.473 e. The number of carbonyl (C=O) groups is 2. The average molecular weight is 372 g/mol. The molecule has 0 aromatic heterocycles. The standard InChI is InChI=1S/C17H18N2O2.C2H2O4/c20-19(21)15-10-8-13(9-11-15)12-18-17-7-3-5-14-4-1-2-6-16(14)17;3-1(4)2(5)6/h1-2,4,6,8-11,17-18H,3,5,7,12H2;(H,3,4)(H,5,6). The number of nitrogens with zero attached hydrogens (tertiary/aromatic N) is 1. The van der Waals surface area contributed by atoms with E-state index < -0.39 is 11.9 Å². The Morgan fingerprint density at radius 1 is 1.07 bits per heavy atom. The largest absolute Gasteiger partial charge is 0.473 e. The van der Waals surface area contributed by atoms with Gasteiger partial charge in [0.15, 0.2) is 0 Å². The minimum atomic E-state index is -1.82. The fourth-order valence-electron chi connectivity index (χ4n) is 2.94. The minimum absolute atomic E-state index is 0.141. The number of carboxylic acids is 2. The van der Waals surface area contributed by atoms with Crippen molar-refractivity contribution in [3.05, 3.63) is 75.3 Å². The number of nitro groups is 1. The van der Waals surface area contributed by atoms with Crippen LogP contribution >= 0.6 is 0 Å². The number of aliphatic carboxylic acids is 2. The molecule has 0 radical (unpaired) electrons. The SMILES string of the molecule is O=C(O)C(=O)O.O=[N+]([O-])c1ccc(CNC2CCCc3ccccc32)cc1. The second kappa shape index (κ2) is 9.44. The molecule has 8 nitrogen and oxygen atoms in total. The van der Waals surface area contributed by atoms with Crippen LogP contribution in [0.1, 0.15) is 35.6 Å². The quantitative estimate of drug-likeness (QED) is 0.427. The molecule has 1 aliphatic rings. The number of non-ortho nitro benzene ring substituents is 1. The molecule has 1 aliphatic carbocycles. The van der Waals surface area contributed by atoms with Gasteiger partial charge in [-0.1, -0.05) is 36.4 Å². The molecule has 0 saturated heterocycles. The molecule has 0 fully saturated rings. The van der Waals surface area contributed by atoms with Crippen molar-refractivity contribution in [2.75, 3.05) is 0 Å². The molecule has 0 heterocycles. The lowest BCUT2D eigenvalue weighted by Gasteiger charge is -2.26. The van der Waals surface area contributed by atoms with Crippen molar-refractivity contribution in [2.24, 2.45) is 0 Å². The van der Waals surface area contributed by atoms with Gasteiger partial charge in [0, 0.05) is 24.7 Å². The Bertz CT molecular complexity index is 807. The molecule has 0 aliphatic heterocycles. The maximum atomic E-state index is 10.6. The summed E-state index contributed by atoms with van der Waals surface area (Å²) in [5.41, 5.74) is 4.04. The monoisotopic (exact) mass is 372 g/mol. The van der Waals surface area contributed by atoms with Crippen LogP contribution < -0.4 is 5.32 Å². The third kappa shape index (κ3) is 5.89. The van der Waals surface area contributed by atoms with E-state index in [0.717, 1.165) is 24.9 Å². The number of fused-ring (bicyclic) bond motifs is 1. The molecule has 0 bridgehead atoms. The normalized spacial score (nSPS) is 15.0. The third-order valence-corrected chi connectivity index (χ3v) is 4.25. The molecule has 0 spiro atoms. The summed E-state index contributed by atoms with van der Waals surface area (Å²) < 4.78 is 0. The molecule has 2 aromatic carbocycles. The summed E-state index contributed by atoms with van der Waals surface area (Å²) in [5.74, 6) is -3.65. The van der Waals surface area contributed by atoms with Gasteiger partial charge in [-0.2, -0.15) is 0 Å². The van der Waals surface area contributed by atoms with E-state index in [9.17, 15) is 10.1 Å². The summed E-state index contributed by atoms with van der Waals surface area (Å²) in [5, 5.41) is 29.0. The van der Waals surface area contributed by atoms with E-state index in [1.165, 1.54) is 17.5 Å². The lowest BCUT2D eigenvalue weighted by atomic mass is 9.87. The van der Waals surface area contributed by atoms with Gasteiger partial charge in [0.05, 0.1) is 4.92 Å². The van der Waals surface area contributed by atoms with Crippen LogP contribution in [-0.4, -0.2) is 27.1 Å². The highest BCUT2D eigenvalue weighted by Gasteiger charge is 2.18. The van der Waals surface area contributed by atoms with E-state index in [2.05, 4.69) is 29.6 Å². The molecule has 1 unspecified atom stereocenters. The first kappa shape index (κ1) is 20.1. The van der Waals surface area contributed by atoms with E-state index in [1.54, 1.807) is 12.1 Å². The summed E-state index contributed by atoms with van der Waals surface area (Å²) in [7, 11) is 0. The van der Waals surface area contributed by atoms with Crippen molar-refractivity contribution < 1.29 is 24.7 Å². The Balaban J connectivity index is 0.000000380. The molecule has 3 N–H and O–H groups in total. The highest BCUT2D eigenvalue weighted by molar-refractivity contribution is 6.27. The molecule has 8 heteroatoms. The van der Waals surface area contributed by atoms with Gasteiger partial charge in [-0.3, -0.25) is 10.1 Å². The molecule has 0 saturated carbocycles. The maximum Gasteiger partial charge on any atom is 0.414 e. The number of nitrogens with one attached hydrogen (secondary N) is 1. The molecular weight excluding hydrogens is 352 g/mol. The first-order chi connectivity index (χ1) is 12.9. The summed E-state index contributed by atoms with van der Waals surface area (Å²) in [6.07, 6.45) is 3.50. The molecule has 27 heavy (non-hydrogen) atoms. The highest BCUT2D eigenvalue weighted by atomic mass is 16.6. The van der Waals surface area contributed by atoms with Crippen molar-refractivity contribution in [2.45, 2.75) is 31.8 Å². The van der Waals surface area contributed by atoms with Gasteiger partial charge in [-0.15, -0.1) is 0 Å². The van der Waals surface area contributed by atoms with Crippen LogP contribution in [0, 0.1) is 10.1 Å². The van der Waals surface area contributed by atoms with E-state index in [4.69, 9.17) is 19.8 Å². The lowest BCUT2D eigenvalue weighted by molar-refractivity contribution is -0.384. The Morgan fingerprint density at radius 2 is 1.70 bits per heavy atom. The lowest BCUT2D eigenvalue weighted by Crippen LogP contribution is -2.24. The molecule has 2 aromatic rings. The third-order valence-electron chi connectivity index (χ3n) is 4.25. The zero-order valence-corrected chi connectivity index (χ0v) is 14.5. The number of benzene rings is 2. The van der Waals surface area contributed by atoms with Gasteiger partial charge in [-0.25, -0.2) is 9.59 Å². The van der Waals surface area contributed by atoms with Crippen molar-refractivity contribution >= 4 is 17.6 Å². The van der Waals surface area contributed by atoms with Crippen LogP contribution in [0.25, 0.3) is 0 Å². The second-order valence-electron chi connectivity index (χ2n) is 6.06. The van der Waals surface area contributed by atoms with Gasteiger partial charge in [0.2, 0.25) is 0 Å². The van der Waals surface area contributed by atoms with Crippen LogP contribution in [-0.2, 0) is 22.6 Å². The Labute approximate surface area is 155 Å². The van der Waals surface area contributed by atoms with Crippen LogP contribution in [0.4, 0.5) is 5.69 Å².